The number of benzene rings is 1. The maximum atomic E-state index is 13.0. The van der Waals surface area contributed by atoms with Crippen molar-refractivity contribution in [1.29, 1.82) is 0 Å². The van der Waals surface area contributed by atoms with Crippen LogP contribution >= 0.6 is 0 Å². The molecular weight excluding hydrogens is 263 g/mol. The van der Waals surface area contributed by atoms with E-state index in [1.165, 1.54) is 12.4 Å². The van der Waals surface area contributed by atoms with Gasteiger partial charge in [0, 0.05) is 18.5 Å². The molecule has 0 bridgehead atoms. The topological polar surface area (TPSA) is 35.0 Å². The van der Waals surface area contributed by atoms with Crippen molar-refractivity contribution in [2.75, 3.05) is 0 Å². The van der Waals surface area contributed by atoms with Crippen molar-refractivity contribution in [3.05, 3.63) is 48.3 Å². The van der Waals surface area contributed by atoms with Gasteiger partial charge >= 0.3 is 6.98 Å². The quantitative estimate of drug-likeness (QED) is 0.632. The van der Waals surface area contributed by atoms with E-state index < -0.39 is 24.0 Å². The van der Waals surface area contributed by atoms with Gasteiger partial charge in [0.2, 0.25) is 0 Å². The fourth-order valence-electron chi connectivity index (χ4n) is 1.45. The first-order chi connectivity index (χ1) is 8.97. The Hall–Kier alpha value is -2.12. The van der Waals surface area contributed by atoms with Gasteiger partial charge in [-0.3, -0.25) is 0 Å². The fourth-order valence-corrected chi connectivity index (χ4v) is 1.45. The predicted octanol–water partition coefficient (Wildman–Crippen LogP) is 2.25. The van der Waals surface area contributed by atoms with Crippen LogP contribution in [0.5, 0.6) is 5.75 Å². The molecule has 8 heteroatoms. The van der Waals surface area contributed by atoms with E-state index in [0.29, 0.717) is 12.1 Å². The summed E-state index contributed by atoms with van der Waals surface area (Å²) in [5.41, 5.74) is -0.975. The largest absolute Gasteiger partial charge is 0.513 e. The van der Waals surface area contributed by atoms with Gasteiger partial charge < -0.3 is 17.7 Å². The molecule has 2 aromatic rings. The number of halogens is 4. The third kappa shape index (κ3) is 3.43. The van der Waals surface area contributed by atoms with Crippen molar-refractivity contribution in [2.24, 2.45) is 0 Å². The second-order valence-corrected chi connectivity index (χ2v) is 3.71. The van der Waals surface area contributed by atoms with Crippen molar-refractivity contribution in [3.8, 4) is 5.75 Å². The Morgan fingerprint density at radius 1 is 1.11 bits per heavy atom. The molecule has 1 aromatic heterocycles. The van der Waals surface area contributed by atoms with Crippen LogP contribution in [0.25, 0.3) is 0 Å². The molecule has 0 unspecified atom stereocenters. The van der Waals surface area contributed by atoms with Crippen LogP contribution in [0, 0.1) is 5.82 Å². The van der Waals surface area contributed by atoms with Gasteiger partial charge in [-0.15, -0.1) is 0 Å². The summed E-state index contributed by atoms with van der Waals surface area (Å²) in [6.07, 6.45) is 2.87. The molecule has 0 atom stereocenters. The molecule has 2 rings (SSSR count). The first-order valence-electron chi connectivity index (χ1n) is 5.35. The summed E-state index contributed by atoms with van der Waals surface area (Å²) in [5.74, 6) is -1.14. The third-order valence-electron chi connectivity index (χ3n) is 2.30. The second-order valence-electron chi connectivity index (χ2n) is 3.71. The molecule has 0 spiro atoms. The molecule has 1 aromatic carbocycles. The number of hydrogen-bond donors (Lipinski definition) is 0. The van der Waals surface area contributed by atoms with Gasteiger partial charge in [0.25, 0.3) is 0 Å². The first-order valence-corrected chi connectivity index (χ1v) is 5.35. The van der Waals surface area contributed by atoms with Gasteiger partial charge in [-0.25, -0.2) is 14.4 Å². The fraction of sp³-hybridized carbons (Fsp3) is 0.0909. The molecule has 0 aliphatic carbocycles. The second kappa shape index (κ2) is 5.25. The molecule has 19 heavy (non-hydrogen) atoms. The summed E-state index contributed by atoms with van der Waals surface area (Å²) in [4.78, 5) is 7.60. The van der Waals surface area contributed by atoms with Gasteiger partial charge in [-0.2, -0.15) is 0 Å². The maximum absolute atomic E-state index is 13.0. The molecule has 0 saturated carbocycles. The molecular formula is C11H8BF4N2O-. The number of ether oxygens (including phenoxy) is 1. The highest BCUT2D eigenvalue weighted by molar-refractivity contribution is 6.74. The minimum atomic E-state index is -5.27. The van der Waals surface area contributed by atoms with E-state index in [1.54, 1.807) is 6.07 Å². The Kier molecular flexibility index (Phi) is 3.68. The van der Waals surface area contributed by atoms with Crippen molar-refractivity contribution in [3.63, 3.8) is 0 Å². The molecule has 3 nitrogen and oxygen atoms in total. The van der Waals surface area contributed by atoms with E-state index in [-0.39, 0.29) is 12.4 Å². The monoisotopic (exact) mass is 271 g/mol. The average molecular weight is 271 g/mol. The maximum Gasteiger partial charge on any atom is 0.513 e. The van der Waals surface area contributed by atoms with Crippen molar-refractivity contribution >= 4 is 12.4 Å². The predicted molar refractivity (Wildman–Crippen MR) is 61.5 cm³/mol. The van der Waals surface area contributed by atoms with Gasteiger partial charge in [-0.1, -0.05) is 11.5 Å². The van der Waals surface area contributed by atoms with E-state index in [1.807, 2.05) is 0 Å². The smallest absolute Gasteiger partial charge is 0.488 e. The first kappa shape index (κ1) is 13.3. The number of rotatable bonds is 4. The molecule has 0 radical (unpaired) electrons. The van der Waals surface area contributed by atoms with Crippen molar-refractivity contribution in [1.82, 2.24) is 9.97 Å². The van der Waals surface area contributed by atoms with E-state index in [2.05, 4.69) is 9.97 Å². The summed E-state index contributed by atoms with van der Waals surface area (Å²) in [5, 5.41) is 0. The van der Waals surface area contributed by atoms with Crippen molar-refractivity contribution in [2.45, 2.75) is 6.61 Å². The van der Waals surface area contributed by atoms with E-state index >= 15 is 0 Å². The molecule has 1 heterocycles. The lowest BCUT2D eigenvalue weighted by Crippen LogP contribution is -2.35. The Morgan fingerprint density at radius 2 is 1.79 bits per heavy atom. The number of hydrogen-bond acceptors (Lipinski definition) is 3. The molecule has 100 valence electrons. The molecule has 0 fully saturated rings. The lowest BCUT2D eigenvalue weighted by molar-refractivity contribution is 0.295. The highest BCUT2D eigenvalue weighted by atomic mass is 19.4. The molecule has 0 saturated heterocycles. The molecule has 0 aliphatic rings. The highest BCUT2D eigenvalue weighted by Gasteiger charge is 2.29. The normalized spacial score (nSPS) is 11.4. The molecule has 0 amide bonds. The Bertz CT molecular complexity index is 562. The minimum absolute atomic E-state index is 0.215. The van der Waals surface area contributed by atoms with Crippen LogP contribution in [-0.2, 0) is 6.61 Å². The van der Waals surface area contributed by atoms with Crippen LogP contribution in [0.4, 0.5) is 17.3 Å². The molecule has 0 aliphatic heterocycles. The van der Waals surface area contributed by atoms with Crippen LogP contribution in [0.3, 0.4) is 0 Å². The summed E-state index contributed by atoms with van der Waals surface area (Å²) in [6, 6.07) is 3.68. The van der Waals surface area contributed by atoms with Crippen LogP contribution in [-0.4, -0.2) is 16.9 Å². The zero-order valence-corrected chi connectivity index (χ0v) is 9.56. The van der Waals surface area contributed by atoms with Crippen LogP contribution in [0.1, 0.15) is 5.82 Å². The number of aromatic nitrogens is 2. The number of nitrogens with zero attached hydrogens (tertiary/aromatic N) is 2. The van der Waals surface area contributed by atoms with Crippen LogP contribution in [0.15, 0.2) is 36.7 Å². The van der Waals surface area contributed by atoms with Gasteiger partial charge in [0.1, 0.15) is 12.4 Å². The third-order valence-corrected chi connectivity index (χ3v) is 2.30. The van der Waals surface area contributed by atoms with E-state index in [4.69, 9.17) is 4.74 Å². The van der Waals surface area contributed by atoms with E-state index in [0.717, 1.165) is 6.07 Å². The standard InChI is InChI=1S/C11H8BF4N2O/c13-8-2-3-9(12(14,15)16)10(6-8)19-7-11-17-4-1-5-18-11/h1-6H,7H2/q-1. The Labute approximate surface area is 106 Å². The lowest BCUT2D eigenvalue weighted by atomic mass is 9.79. The van der Waals surface area contributed by atoms with Gasteiger partial charge in [-0.05, 0) is 12.1 Å². The lowest BCUT2D eigenvalue weighted by Gasteiger charge is -2.19. The van der Waals surface area contributed by atoms with Crippen LogP contribution in [0.2, 0.25) is 0 Å². The summed E-state index contributed by atoms with van der Waals surface area (Å²) < 4.78 is 56.2. The zero-order chi connectivity index (χ0) is 13.9. The highest BCUT2D eigenvalue weighted by Crippen LogP contribution is 2.19. The Morgan fingerprint density at radius 3 is 2.42 bits per heavy atom. The van der Waals surface area contributed by atoms with Crippen molar-refractivity contribution < 1.29 is 22.1 Å². The molecule has 0 N–H and O–H groups in total. The SMILES string of the molecule is Fc1ccc([B-](F)(F)F)c(OCc2ncccn2)c1. The summed E-state index contributed by atoms with van der Waals surface area (Å²) in [6.45, 7) is -5.53. The van der Waals surface area contributed by atoms with E-state index in [9.17, 15) is 17.3 Å². The summed E-state index contributed by atoms with van der Waals surface area (Å²) >= 11 is 0. The average Bonchev–Trinajstić information content (AvgIpc) is 2.36. The Balaban J connectivity index is 2.22. The van der Waals surface area contributed by atoms with Gasteiger partial charge in [0.05, 0.1) is 5.75 Å². The summed E-state index contributed by atoms with van der Waals surface area (Å²) in [7, 11) is 0. The van der Waals surface area contributed by atoms with Gasteiger partial charge in [0.15, 0.2) is 5.82 Å². The zero-order valence-electron chi connectivity index (χ0n) is 9.56. The van der Waals surface area contributed by atoms with Crippen LogP contribution < -0.4 is 10.2 Å². The minimum Gasteiger partial charge on any atom is -0.488 e.